The van der Waals surface area contributed by atoms with Crippen molar-refractivity contribution in [3.8, 4) is 0 Å². The number of fused-ring (bicyclic) bond motifs is 1. The highest BCUT2D eigenvalue weighted by atomic mass is 16.2. The lowest BCUT2D eigenvalue weighted by molar-refractivity contribution is 0.620. The highest BCUT2D eigenvalue weighted by molar-refractivity contribution is 5.70. The van der Waals surface area contributed by atoms with E-state index < -0.39 is 17.4 Å². The lowest BCUT2D eigenvalue weighted by Crippen LogP contribution is -2.37. The van der Waals surface area contributed by atoms with Gasteiger partial charge in [0.15, 0.2) is 11.2 Å². The second-order valence-corrected chi connectivity index (χ2v) is 3.76. The Morgan fingerprint density at radius 1 is 1.41 bits per heavy atom. The van der Waals surface area contributed by atoms with E-state index in [4.69, 9.17) is 5.73 Å². The van der Waals surface area contributed by atoms with Gasteiger partial charge in [0, 0.05) is 14.1 Å². The summed E-state index contributed by atoms with van der Waals surface area (Å²) in [5, 5.41) is 0. The summed E-state index contributed by atoms with van der Waals surface area (Å²) in [5.74, 6) is 0. The molecule has 7 nitrogen and oxygen atoms in total. The molecule has 0 aliphatic carbocycles. The molecule has 90 valence electrons. The van der Waals surface area contributed by atoms with Gasteiger partial charge in [-0.3, -0.25) is 18.5 Å². The largest absolute Gasteiger partial charge is 0.332 e. The normalized spacial score (nSPS) is 12.9. The van der Waals surface area contributed by atoms with Gasteiger partial charge in [0.2, 0.25) is 0 Å². The Bertz CT molecular complexity index is 706. The van der Waals surface area contributed by atoms with Crippen molar-refractivity contribution < 1.29 is 0 Å². The van der Waals surface area contributed by atoms with E-state index in [2.05, 4.69) is 11.6 Å². The van der Waals surface area contributed by atoms with Gasteiger partial charge in [0.1, 0.15) is 6.17 Å². The molecule has 0 spiro atoms. The van der Waals surface area contributed by atoms with Crippen molar-refractivity contribution in [1.82, 2.24) is 18.7 Å². The molecule has 0 saturated heterocycles. The lowest BCUT2D eigenvalue weighted by atomic mass is 10.4. The highest BCUT2D eigenvalue weighted by Crippen LogP contribution is 2.10. The van der Waals surface area contributed by atoms with Crippen molar-refractivity contribution >= 4 is 11.2 Å². The topological polar surface area (TPSA) is 87.8 Å². The molecule has 2 aromatic rings. The first-order chi connectivity index (χ1) is 7.99. The van der Waals surface area contributed by atoms with Gasteiger partial charge < -0.3 is 5.73 Å². The van der Waals surface area contributed by atoms with Crippen molar-refractivity contribution in [3.05, 3.63) is 39.8 Å². The summed E-state index contributed by atoms with van der Waals surface area (Å²) in [6.45, 7) is 3.57. The molecule has 0 aliphatic rings. The quantitative estimate of drug-likeness (QED) is 0.682. The predicted octanol–water partition coefficient (Wildman–Crippen LogP) is -0.923. The molecule has 7 heteroatoms. The summed E-state index contributed by atoms with van der Waals surface area (Å²) in [4.78, 5) is 27.6. The molecule has 0 saturated carbocycles. The SMILES string of the molecule is C=CC(N)n1cnc2c(=O)n(C)c(=O)n(C)c21. The summed E-state index contributed by atoms with van der Waals surface area (Å²) in [5.41, 5.74) is 5.55. The molecule has 2 aromatic heterocycles. The van der Waals surface area contributed by atoms with E-state index in [0.29, 0.717) is 5.65 Å². The molecule has 0 radical (unpaired) electrons. The van der Waals surface area contributed by atoms with Gasteiger partial charge >= 0.3 is 5.69 Å². The number of hydrogen-bond donors (Lipinski definition) is 1. The first-order valence-corrected chi connectivity index (χ1v) is 4.99. The minimum atomic E-state index is -0.530. The third-order valence-electron chi connectivity index (χ3n) is 2.73. The van der Waals surface area contributed by atoms with Crippen LogP contribution >= 0.6 is 0 Å². The molecule has 0 amide bonds. The number of hydrogen-bond acceptors (Lipinski definition) is 4. The minimum absolute atomic E-state index is 0.215. The van der Waals surface area contributed by atoms with Gasteiger partial charge in [0.25, 0.3) is 5.56 Å². The van der Waals surface area contributed by atoms with E-state index in [9.17, 15) is 9.59 Å². The van der Waals surface area contributed by atoms with Crippen LogP contribution in [0.5, 0.6) is 0 Å². The molecule has 0 aromatic carbocycles. The summed E-state index contributed by atoms with van der Waals surface area (Å²) in [6.07, 6.45) is 2.40. The first kappa shape index (κ1) is 11.3. The minimum Gasteiger partial charge on any atom is -0.308 e. The Morgan fingerprint density at radius 3 is 2.65 bits per heavy atom. The van der Waals surface area contributed by atoms with Gasteiger partial charge in [-0.25, -0.2) is 9.78 Å². The molecule has 1 atom stereocenters. The van der Waals surface area contributed by atoms with Crippen LogP contribution in [0.4, 0.5) is 0 Å². The van der Waals surface area contributed by atoms with Gasteiger partial charge in [-0.05, 0) is 0 Å². The van der Waals surface area contributed by atoms with Crippen LogP contribution in [0.3, 0.4) is 0 Å². The molecule has 0 bridgehead atoms. The molecular formula is C10H13N5O2. The third kappa shape index (κ3) is 1.43. The van der Waals surface area contributed by atoms with Crippen LogP contribution in [0.2, 0.25) is 0 Å². The lowest BCUT2D eigenvalue weighted by Gasteiger charge is -2.11. The number of aromatic nitrogens is 4. The fourth-order valence-corrected chi connectivity index (χ4v) is 1.73. The second kappa shape index (κ2) is 3.70. The van der Waals surface area contributed by atoms with Crippen LogP contribution in [-0.4, -0.2) is 18.7 Å². The standard InChI is InChI=1S/C10H13N5O2/c1-4-6(11)15-5-12-7-8(15)13(2)10(17)14(3)9(7)16/h4-6H,1,11H2,2-3H3. The number of aryl methyl sites for hydroxylation is 1. The number of nitrogens with zero attached hydrogens (tertiary/aromatic N) is 4. The summed E-state index contributed by atoms with van der Waals surface area (Å²) in [6, 6.07) is 0. The molecule has 17 heavy (non-hydrogen) atoms. The van der Waals surface area contributed by atoms with Crippen molar-refractivity contribution in [2.24, 2.45) is 19.8 Å². The summed E-state index contributed by atoms with van der Waals surface area (Å²) in [7, 11) is 2.98. The van der Waals surface area contributed by atoms with Crippen molar-refractivity contribution in [2.75, 3.05) is 0 Å². The third-order valence-corrected chi connectivity index (χ3v) is 2.73. The Labute approximate surface area is 96.4 Å². The fourth-order valence-electron chi connectivity index (χ4n) is 1.73. The zero-order valence-corrected chi connectivity index (χ0v) is 9.62. The highest BCUT2D eigenvalue weighted by Gasteiger charge is 2.15. The maximum Gasteiger partial charge on any atom is 0.332 e. The molecule has 1 unspecified atom stereocenters. The maximum atomic E-state index is 11.8. The average molecular weight is 235 g/mol. The number of rotatable bonds is 2. The van der Waals surface area contributed by atoms with Crippen LogP contribution in [0, 0.1) is 0 Å². The van der Waals surface area contributed by atoms with Crippen molar-refractivity contribution in [3.63, 3.8) is 0 Å². The zero-order chi connectivity index (χ0) is 12.7. The second-order valence-electron chi connectivity index (χ2n) is 3.76. The van der Waals surface area contributed by atoms with E-state index in [-0.39, 0.29) is 5.52 Å². The Morgan fingerprint density at radius 2 is 2.06 bits per heavy atom. The fraction of sp³-hybridized carbons (Fsp3) is 0.300. The van der Waals surface area contributed by atoms with E-state index in [1.165, 1.54) is 28.6 Å². The van der Waals surface area contributed by atoms with Crippen LogP contribution in [0.15, 0.2) is 28.6 Å². The first-order valence-electron chi connectivity index (χ1n) is 4.99. The van der Waals surface area contributed by atoms with Gasteiger partial charge in [-0.2, -0.15) is 0 Å². The monoisotopic (exact) mass is 235 g/mol. The van der Waals surface area contributed by atoms with Crippen LogP contribution in [-0.2, 0) is 14.1 Å². The molecule has 2 heterocycles. The van der Waals surface area contributed by atoms with Crippen LogP contribution in [0.25, 0.3) is 11.2 Å². The number of nitrogens with two attached hydrogens (primary N) is 1. The van der Waals surface area contributed by atoms with E-state index in [1.807, 2.05) is 0 Å². The van der Waals surface area contributed by atoms with Crippen molar-refractivity contribution in [1.29, 1.82) is 0 Å². The Hall–Kier alpha value is -2.15. The van der Waals surface area contributed by atoms with E-state index in [1.54, 1.807) is 7.05 Å². The molecule has 0 fully saturated rings. The van der Waals surface area contributed by atoms with Crippen LogP contribution in [0.1, 0.15) is 6.17 Å². The van der Waals surface area contributed by atoms with Crippen LogP contribution < -0.4 is 17.0 Å². The Kier molecular flexibility index (Phi) is 2.47. The van der Waals surface area contributed by atoms with Gasteiger partial charge in [-0.1, -0.05) is 12.7 Å². The Balaban J connectivity index is 3.01. The van der Waals surface area contributed by atoms with E-state index in [0.717, 1.165) is 4.57 Å². The van der Waals surface area contributed by atoms with Gasteiger partial charge in [-0.15, -0.1) is 0 Å². The van der Waals surface area contributed by atoms with E-state index >= 15 is 0 Å². The number of imidazole rings is 1. The molecule has 2 N–H and O–H groups in total. The summed E-state index contributed by atoms with van der Waals surface area (Å²) >= 11 is 0. The predicted molar refractivity (Wildman–Crippen MR) is 63.6 cm³/mol. The van der Waals surface area contributed by atoms with Gasteiger partial charge in [0.05, 0.1) is 6.33 Å². The zero-order valence-electron chi connectivity index (χ0n) is 9.62. The molecule has 2 rings (SSSR count). The van der Waals surface area contributed by atoms with Crippen molar-refractivity contribution in [2.45, 2.75) is 6.17 Å². The maximum absolute atomic E-state index is 11.8. The molecular weight excluding hydrogens is 222 g/mol. The average Bonchev–Trinajstić information content (AvgIpc) is 2.77. The summed E-state index contributed by atoms with van der Waals surface area (Å²) < 4.78 is 3.89. The molecule has 0 aliphatic heterocycles. The smallest absolute Gasteiger partial charge is 0.308 e.